The summed E-state index contributed by atoms with van der Waals surface area (Å²) in [6.45, 7) is 6.70. The van der Waals surface area contributed by atoms with E-state index in [4.69, 9.17) is 4.74 Å². The van der Waals surface area contributed by atoms with Gasteiger partial charge in [0.05, 0.1) is 16.8 Å². The summed E-state index contributed by atoms with van der Waals surface area (Å²) in [4.78, 5) is 17.5. The van der Waals surface area contributed by atoms with Crippen molar-refractivity contribution in [3.63, 3.8) is 0 Å². The third kappa shape index (κ3) is 3.12. The molecular formula is C19H20N2O2S. The number of hydrogen-bond donors (Lipinski definition) is 0. The molecule has 0 spiro atoms. The molecular weight excluding hydrogens is 320 g/mol. The van der Waals surface area contributed by atoms with Crippen LogP contribution in [0.15, 0.2) is 41.4 Å². The fraction of sp³-hybridized carbons (Fsp3) is 0.263. The number of amides is 1. The molecule has 0 saturated heterocycles. The largest absolute Gasteiger partial charge is 0.494 e. The minimum absolute atomic E-state index is 0.241. The molecule has 5 heteroatoms. The number of aromatic nitrogens is 1. The molecule has 0 aliphatic rings. The molecule has 3 aromatic rings. The number of hydrogen-bond acceptors (Lipinski definition) is 3. The first kappa shape index (κ1) is 16.5. The van der Waals surface area contributed by atoms with Gasteiger partial charge in [-0.15, -0.1) is 0 Å². The van der Waals surface area contributed by atoms with Gasteiger partial charge in [0.25, 0.3) is 5.91 Å². The van der Waals surface area contributed by atoms with Crippen molar-refractivity contribution in [1.82, 2.24) is 4.57 Å². The smallest absolute Gasteiger partial charge is 0.279 e. The molecule has 0 fully saturated rings. The molecule has 24 heavy (non-hydrogen) atoms. The topological polar surface area (TPSA) is 43.6 Å². The number of thiazole rings is 1. The molecule has 0 aliphatic heterocycles. The van der Waals surface area contributed by atoms with Gasteiger partial charge in [-0.2, -0.15) is 4.99 Å². The molecule has 0 atom stereocenters. The van der Waals surface area contributed by atoms with Gasteiger partial charge in [-0.05, 0) is 62.2 Å². The van der Waals surface area contributed by atoms with Crippen LogP contribution in [-0.2, 0) is 7.05 Å². The molecule has 1 aromatic heterocycles. The van der Waals surface area contributed by atoms with E-state index in [0.29, 0.717) is 17.0 Å². The van der Waals surface area contributed by atoms with Crippen LogP contribution in [0.25, 0.3) is 10.2 Å². The van der Waals surface area contributed by atoms with E-state index in [1.807, 2.05) is 18.5 Å². The van der Waals surface area contributed by atoms with Gasteiger partial charge in [0.2, 0.25) is 0 Å². The predicted octanol–water partition coefficient (Wildman–Crippen LogP) is 4.00. The number of fused-ring (bicyclic) bond motifs is 1. The number of ether oxygens (including phenoxy) is 1. The first-order valence-corrected chi connectivity index (χ1v) is 8.70. The van der Waals surface area contributed by atoms with Crippen LogP contribution >= 0.6 is 11.3 Å². The number of carbonyl (C=O) groups is 1. The molecule has 0 radical (unpaired) electrons. The number of rotatable bonds is 3. The van der Waals surface area contributed by atoms with Gasteiger partial charge in [-0.25, -0.2) is 0 Å². The summed E-state index contributed by atoms with van der Waals surface area (Å²) in [5, 5.41) is 0. The van der Waals surface area contributed by atoms with Gasteiger partial charge in [0.15, 0.2) is 4.80 Å². The molecule has 3 rings (SSSR count). The van der Waals surface area contributed by atoms with Crippen LogP contribution in [0.2, 0.25) is 0 Å². The molecule has 1 amide bonds. The van der Waals surface area contributed by atoms with E-state index in [9.17, 15) is 4.79 Å². The van der Waals surface area contributed by atoms with Crippen LogP contribution in [0.5, 0.6) is 5.75 Å². The maximum absolute atomic E-state index is 12.4. The summed E-state index contributed by atoms with van der Waals surface area (Å²) in [7, 11) is 1.95. The van der Waals surface area contributed by atoms with Crippen molar-refractivity contribution in [3.8, 4) is 5.75 Å². The van der Waals surface area contributed by atoms with Crippen LogP contribution in [0.3, 0.4) is 0 Å². The Balaban J connectivity index is 2.01. The maximum atomic E-state index is 12.4. The summed E-state index contributed by atoms with van der Waals surface area (Å²) < 4.78 is 8.54. The highest BCUT2D eigenvalue weighted by atomic mass is 32.1. The molecule has 0 N–H and O–H groups in total. The Morgan fingerprint density at radius 2 is 1.92 bits per heavy atom. The minimum atomic E-state index is -0.241. The van der Waals surface area contributed by atoms with Crippen molar-refractivity contribution in [1.29, 1.82) is 0 Å². The van der Waals surface area contributed by atoms with Crippen LogP contribution in [-0.4, -0.2) is 17.1 Å². The highest BCUT2D eigenvalue weighted by Crippen LogP contribution is 2.22. The van der Waals surface area contributed by atoms with E-state index < -0.39 is 0 Å². The first-order valence-electron chi connectivity index (χ1n) is 7.88. The molecule has 2 aromatic carbocycles. The Morgan fingerprint density at radius 1 is 1.21 bits per heavy atom. The molecule has 0 unspecified atom stereocenters. The standard InChI is InChI=1S/C19H20N2O2S/c1-5-23-15-8-6-14(7-9-15)18(22)20-19-21(4)16-11-12(2)10-13(3)17(16)24-19/h6-11H,5H2,1-4H3. The van der Waals surface area contributed by atoms with Gasteiger partial charge < -0.3 is 9.30 Å². The van der Waals surface area contributed by atoms with Crippen molar-refractivity contribution < 1.29 is 9.53 Å². The Bertz CT molecular complexity index is 965. The summed E-state index contributed by atoms with van der Waals surface area (Å²) in [5.74, 6) is 0.516. The summed E-state index contributed by atoms with van der Waals surface area (Å²) in [6, 6.07) is 11.4. The quantitative estimate of drug-likeness (QED) is 0.723. The van der Waals surface area contributed by atoms with Crippen LogP contribution in [0, 0.1) is 13.8 Å². The lowest BCUT2D eigenvalue weighted by Gasteiger charge is -2.02. The average molecular weight is 340 g/mol. The van der Waals surface area contributed by atoms with Crippen LogP contribution < -0.4 is 9.54 Å². The second-order valence-corrected chi connectivity index (χ2v) is 6.73. The zero-order valence-electron chi connectivity index (χ0n) is 14.3. The number of benzene rings is 2. The molecule has 0 bridgehead atoms. The monoisotopic (exact) mass is 340 g/mol. The van der Waals surface area contributed by atoms with Crippen molar-refractivity contribution in [2.45, 2.75) is 20.8 Å². The number of nitrogens with zero attached hydrogens (tertiary/aromatic N) is 2. The van der Waals surface area contributed by atoms with E-state index in [1.54, 1.807) is 35.6 Å². The zero-order chi connectivity index (χ0) is 17.3. The third-order valence-corrected chi connectivity index (χ3v) is 5.13. The van der Waals surface area contributed by atoms with Crippen molar-refractivity contribution >= 4 is 27.5 Å². The first-order chi connectivity index (χ1) is 11.5. The molecule has 0 aliphatic carbocycles. The van der Waals surface area contributed by atoms with E-state index in [-0.39, 0.29) is 5.91 Å². The lowest BCUT2D eigenvalue weighted by atomic mass is 10.1. The van der Waals surface area contributed by atoms with E-state index in [2.05, 4.69) is 31.0 Å². The average Bonchev–Trinajstić information content (AvgIpc) is 2.85. The van der Waals surface area contributed by atoms with Gasteiger partial charge in [0.1, 0.15) is 5.75 Å². The van der Waals surface area contributed by atoms with Crippen molar-refractivity contribution in [2.75, 3.05) is 6.61 Å². The number of carbonyl (C=O) groups excluding carboxylic acids is 1. The fourth-order valence-electron chi connectivity index (χ4n) is 2.69. The Labute approximate surface area is 145 Å². The van der Waals surface area contributed by atoms with E-state index in [1.165, 1.54) is 15.8 Å². The second kappa shape index (κ2) is 6.61. The highest BCUT2D eigenvalue weighted by molar-refractivity contribution is 7.16. The Hall–Kier alpha value is -2.40. The van der Waals surface area contributed by atoms with Crippen molar-refractivity contribution in [2.24, 2.45) is 12.0 Å². The lowest BCUT2D eigenvalue weighted by Crippen LogP contribution is -2.13. The van der Waals surface area contributed by atoms with E-state index in [0.717, 1.165) is 11.3 Å². The maximum Gasteiger partial charge on any atom is 0.279 e. The van der Waals surface area contributed by atoms with Gasteiger partial charge in [0, 0.05) is 12.6 Å². The molecule has 0 saturated carbocycles. The lowest BCUT2D eigenvalue weighted by molar-refractivity contribution is 0.0998. The van der Waals surface area contributed by atoms with Crippen molar-refractivity contribution in [3.05, 3.63) is 57.9 Å². The second-order valence-electron chi connectivity index (χ2n) is 5.75. The highest BCUT2D eigenvalue weighted by Gasteiger charge is 2.09. The van der Waals surface area contributed by atoms with Gasteiger partial charge in [-0.1, -0.05) is 17.4 Å². The fourth-order valence-corrected chi connectivity index (χ4v) is 3.75. The van der Waals surface area contributed by atoms with Gasteiger partial charge in [-0.3, -0.25) is 4.79 Å². The van der Waals surface area contributed by atoms with Crippen LogP contribution in [0.1, 0.15) is 28.4 Å². The third-order valence-electron chi connectivity index (χ3n) is 3.85. The molecule has 1 heterocycles. The minimum Gasteiger partial charge on any atom is -0.494 e. The molecule has 4 nitrogen and oxygen atoms in total. The summed E-state index contributed by atoms with van der Waals surface area (Å²) >= 11 is 1.54. The summed E-state index contributed by atoms with van der Waals surface area (Å²) in [6.07, 6.45) is 0. The Kier molecular flexibility index (Phi) is 4.53. The SMILES string of the molecule is CCOc1ccc(C(=O)N=c2sc3c(C)cc(C)cc3n2C)cc1. The van der Waals surface area contributed by atoms with Gasteiger partial charge >= 0.3 is 0 Å². The van der Waals surface area contributed by atoms with E-state index >= 15 is 0 Å². The normalized spacial score (nSPS) is 11.9. The Morgan fingerprint density at radius 3 is 2.58 bits per heavy atom. The number of aryl methyl sites for hydroxylation is 3. The molecule has 124 valence electrons. The zero-order valence-corrected chi connectivity index (χ0v) is 15.1. The van der Waals surface area contributed by atoms with Crippen LogP contribution in [0.4, 0.5) is 0 Å². The predicted molar refractivity (Wildman–Crippen MR) is 97.8 cm³/mol. The summed E-state index contributed by atoms with van der Waals surface area (Å²) in [5.41, 5.74) is 4.08.